The van der Waals surface area contributed by atoms with Crippen molar-refractivity contribution in [2.24, 2.45) is 5.16 Å². The molecule has 0 amide bonds. The fraction of sp³-hybridized carbons (Fsp3) is 0.571. The molecule has 2 fully saturated rings. The van der Waals surface area contributed by atoms with Crippen molar-refractivity contribution < 1.29 is 9.57 Å². The Kier molecular flexibility index (Phi) is 3.93. The molecule has 0 aromatic carbocycles. The topological polar surface area (TPSA) is 47.0 Å². The number of rotatable bonds is 3. The maximum atomic E-state index is 5.65. The van der Waals surface area contributed by atoms with E-state index in [1.165, 1.54) is 0 Å². The van der Waals surface area contributed by atoms with Crippen molar-refractivity contribution in [2.75, 3.05) is 24.7 Å². The Morgan fingerprint density at radius 3 is 3.11 bits per heavy atom. The Bertz CT molecular complexity index is 430. The normalized spacial score (nSPS) is 22.9. The summed E-state index contributed by atoms with van der Waals surface area (Å²) in [5, 5.41) is 4.34. The second-order valence-electron chi connectivity index (χ2n) is 4.80. The van der Waals surface area contributed by atoms with Gasteiger partial charge in [0, 0.05) is 38.1 Å². The van der Waals surface area contributed by atoms with Gasteiger partial charge in [-0.1, -0.05) is 5.16 Å². The van der Waals surface area contributed by atoms with Gasteiger partial charge in [-0.15, -0.1) is 0 Å². The van der Waals surface area contributed by atoms with E-state index < -0.39 is 0 Å². The van der Waals surface area contributed by atoms with E-state index in [-0.39, 0.29) is 6.10 Å². The molecule has 0 aliphatic carbocycles. The molecule has 0 saturated carbocycles. The highest BCUT2D eigenvalue weighted by atomic mass is 16.6. The van der Waals surface area contributed by atoms with Crippen molar-refractivity contribution in [2.45, 2.75) is 31.8 Å². The smallest absolute Gasteiger partial charge is 0.150 e. The third kappa shape index (κ3) is 3.04. The number of oxime groups is 1. The Balaban J connectivity index is 1.65. The summed E-state index contributed by atoms with van der Waals surface area (Å²) in [6, 6.07) is 6.76. The van der Waals surface area contributed by atoms with Crippen LogP contribution >= 0.6 is 0 Å². The van der Waals surface area contributed by atoms with Crippen LogP contribution in [-0.2, 0) is 9.57 Å². The quantitative estimate of drug-likeness (QED) is 0.780. The number of hydrogen-bond donors (Lipinski definition) is 0. The summed E-state index contributed by atoms with van der Waals surface area (Å²) in [7, 11) is 0. The highest BCUT2D eigenvalue weighted by Gasteiger charge is 2.23. The summed E-state index contributed by atoms with van der Waals surface area (Å²) >= 11 is 0. The second-order valence-corrected chi connectivity index (χ2v) is 4.80. The summed E-state index contributed by atoms with van der Waals surface area (Å²) in [4.78, 5) is 12.1. The highest BCUT2D eigenvalue weighted by molar-refractivity contribution is 5.98. The molecule has 19 heavy (non-hydrogen) atoms. The molecule has 2 aliphatic rings. The van der Waals surface area contributed by atoms with Gasteiger partial charge in [-0.3, -0.25) is 0 Å². The van der Waals surface area contributed by atoms with E-state index in [4.69, 9.17) is 9.57 Å². The zero-order valence-electron chi connectivity index (χ0n) is 10.9. The first-order valence-corrected chi connectivity index (χ1v) is 6.83. The largest absolute Gasteiger partial charge is 0.391 e. The van der Waals surface area contributed by atoms with Gasteiger partial charge < -0.3 is 14.5 Å². The minimum absolute atomic E-state index is 0.195. The van der Waals surface area contributed by atoms with Gasteiger partial charge in [0.15, 0.2) is 0 Å². The number of aromatic nitrogens is 1. The van der Waals surface area contributed by atoms with Gasteiger partial charge in [-0.2, -0.15) is 0 Å². The van der Waals surface area contributed by atoms with Crippen molar-refractivity contribution in [1.82, 2.24) is 4.98 Å². The maximum Gasteiger partial charge on any atom is 0.150 e. The van der Waals surface area contributed by atoms with Crippen LogP contribution in [-0.4, -0.2) is 36.7 Å². The number of pyridine rings is 1. The molecule has 101 valence electrons. The lowest BCUT2D eigenvalue weighted by atomic mass is 10.2. The third-order valence-electron chi connectivity index (χ3n) is 3.45. The molecule has 2 saturated heterocycles. The molecule has 1 radical (unpaired) electrons. The van der Waals surface area contributed by atoms with E-state index in [9.17, 15) is 0 Å². The van der Waals surface area contributed by atoms with E-state index in [1.54, 1.807) is 6.20 Å². The van der Waals surface area contributed by atoms with Crippen molar-refractivity contribution in [3.05, 3.63) is 24.4 Å². The number of amidine groups is 1. The number of hydrogen-bond acceptors (Lipinski definition) is 4. The third-order valence-corrected chi connectivity index (χ3v) is 3.45. The number of ether oxygens (including phenoxy) is 1. The molecule has 3 heterocycles. The number of anilines is 1. The fourth-order valence-corrected chi connectivity index (χ4v) is 2.39. The molecular formula is C14H18N3O2. The highest BCUT2D eigenvalue weighted by Crippen LogP contribution is 2.20. The standard InChI is InChI=1S/C14H18N3O2/c1-2-8-15-13(4-1)17-9-3-5-14(17)16-19-12-6-10-18-11-7-12/h1,4,8,12H,3,5-7,9-11H2. The Morgan fingerprint density at radius 2 is 2.32 bits per heavy atom. The molecule has 0 spiro atoms. The molecule has 2 aliphatic heterocycles. The summed E-state index contributed by atoms with van der Waals surface area (Å²) in [6.45, 7) is 2.50. The van der Waals surface area contributed by atoms with Gasteiger partial charge in [-0.05, 0) is 18.6 Å². The minimum Gasteiger partial charge on any atom is -0.391 e. The van der Waals surface area contributed by atoms with E-state index in [0.29, 0.717) is 0 Å². The average molecular weight is 260 g/mol. The SMILES string of the molecule is [c]1ccc(N2CCCC2=NOC2CCOCC2)nc1. The van der Waals surface area contributed by atoms with Crippen LogP contribution in [0.2, 0.25) is 0 Å². The molecule has 1 aromatic heterocycles. The molecule has 0 unspecified atom stereocenters. The molecule has 1 aromatic rings. The van der Waals surface area contributed by atoms with E-state index in [2.05, 4.69) is 21.1 Å². The summed E-state index contributed by atoms with van der Waals surface area (Å²) in [5.74, 6) is 1.90. The molecule has 0 atom stereocenters. The summed E-state index contributed by atoms with van der Waals surface area (Å²) < 4.78 is 5.31. The first-order chi connectivity index (χ1) is 9.43. The van der Waals surface area contributed by atoms with Crippen LogP contribution in [0.4, 0.5) is 5.82 Å². The molecule has 5 heteroatoms. The summed E-state index contributed by atoms with van der Waals surface area (Å²) in [6.07, 6.45) is 5.77. The van der Waals surface area contributed by atoms with Gasteiger partial charge in [0.1, 0.15) is 17.8 Å². The second kappa shape index (κ2) is 6.02. The van der Waals surface area contributed by atoms with Gasteiger partial charge in [0.05, 0.1) is 13.2 Å². The zero-order chi connectivity index (χ0) is 12.9. The lowest BCUT2D eigenvalue weighted by molar-refractivity contribution is -0.0302. The predicted octanol–water partition coefficient (Wildman–Crippen LogP) is 1.99. The van der Waals surface area contributed by atoms with Crippen LogP contribution < -0.4 is 4.90 Å². The van der Waals surface area contributed by atoms with Gasteiger partial charge >= 0.3 is 0 Å². The van der Waals surface area contributed by atoms with Crippen molar-refractivity contribution >= 4 is 11.7 Å². The molecule has 0 bridgehead atoms. The Morgan fingerprint density at radius 1 is 1.42 bits per heavy atom. The lowest BCUT2D eigenvalue weighted by Gasteiger charge is -2.22. The van der Waals surface area contributed by atoms with Gasteiger partial charge in [0.25, 0.3) is 0 Å². The number of nitrogens with zero attached hydrogens (tertiary/aromatic N) is 3. The predicted molar refractivity (Wildman–Crippen MR) is 72.0 cm³/mol. The fourth-order valence-electron chi connectivity index (χ4n) is 2.39. The molecular weight excluding hydrogens is 242 g/mol. The first-order valence-electron chi connectivity index (χ1n) is 6.83. The van der Waals surface area contributed by atoms with E-state index in [0.717, 1.165) is 57.1 Å². The minimum atomic E-state index is 0.195. The van der Waals surface area contributed by atoms with Gasteiger partial charge in [0.2, 0.25) is 0 Å². The first kappa shape index (κ1) is 12.4. The van der Waals surface area contributed by atoms with Crippen molar-refractivity contribution in [1.29, 1.82) is 0 Å². The van der Waals surface area contributed by atoms with Crippen molar-refractivity contribution in [3.8, 4) is 0 Å². The zero-order valence-corrected chi connectivity index (χ0v) is 10.9. The van der Waals surface area contributed by atoms with Crippen LogP contribution in [0.3, 0.4) is 0 Å². The van der Waals surface area contributed by atoms with E-state index >= 15 is 0 Å². The summed E-state index contributed by atoms with van der Waals surface area (Å²) in [5.41, 5.74) is 0. The average Bonchev–Trinajstić information content (AvgIpc) is 2.95. The van der Waals surface area contributed by atoms with Crippen molar-refractivity contribution in [3.63, 3.8) is 0 Å². The van der Waals surface area contributed by atoms with Crippen LogP contribution in [0.25, 0.3) is 0 Å². The molecule has 0 N–H and O–H groups in total. The molecule has 3 rings (SSSR count). The van der Waals surface area contributed by atoms with Crippen LogP contribution in [0.5, 0.6) is 0 Å². The molecule has 5 nitrogen and oxygen atoms in total. The van der Waals surface area contributed by atoms with E-state index in [1.807, 2.05) is 12.1 Å². The monoisotopic (exact) mass is 260 g/mol. The lowest BCUT2D eigenvalue weighted by Crippen LogP contribution is -2.27. The van der Waals surface area contributed by atoms with Crippen LogP contribution in [0, 0.1) is 6.07 Å². The van der Waals surface area contributed by atoms with Crippen LogP contribution in [0.1, 0.15) is 25.7 Å². The Hall–Kier alpha value is -1.62. The van der Waals surface area contributed by atoms with Crippen LogP contribution in [0.15, 0.2) is 23.5 Å². The Labute approximate surface area is 113 Å². The van der Waals surface area contributed by atoms with Gasteiger partial charge in [-0.25, -0.2) is 4.98 Å². The maximum absolute atomic E-state index is 5.65.